The van der Waals surface area contributed by atoms with Gasteiger partial charge < -0.3 is 4.74 Å². The highest BCUT2D eigenvalue weighted by Crippen LogP contribution is 2.29. The van der Waals surface area contributed by atoms with Crippen LogP contribution in [0.2, 0.25) is 5.02 Å². The van der Waals surface area contributed by atoms with Crippen molar-refractivity contribution < 1.29 is 9.53 Å². The quantitative estimate of drug-likeness (QED) is 0.333. The number of carbonyl (C=O) groups excluding carboxylic acids is 1. The van der Waals surface area contributed by atoms with Crippen LogP contribution in [0.15, 0.2) is 77.6 Å². The number of hydrazine groups is 1. The van der Waals surface area contributed by atoms with Gasteiger partial charge in [-0.25, -0.2) is 10.0 Å². The van der Waals surface area contributed by atoms with Crippen LogP contribution in [0.1, 0.15) is 71.4 Å². The highest BCUT2D eigenvalue weighted by Gasteiger charge is 2.17. The van der Waals surface area contributed by atoms with Crippen molar-refractivity contribution in [3.63, 3.8) is 0 Å². The lowest BCUT2D eigenvalue weighted by atomic mass is 10.0. The number of para-hydroxylation sites is 1. The maximum atomic E-state index is 11.1. The van der Waals surface area contributed by atoms with Gasteiger partial charge in [0.05, 0.1) is 11.4 Å². The zero-order valence-corrected chi connectivity index (χ0v) is 23.6. The number of fused-ring (bicyclic) bond motifs is 1. The van der Waals surface area contributed by atoms with Crippen molar-refractivity contribution in [2.24, 2.45) is 4.99 Å². The number of allylic oxidation sites excluding steroid dienone is 2. The number of amides is 1. The van der Waals surface area contributed by atoms with E-state index in [9.17, 15) is 4.79 Å². The molecule has 2 aromatic rings. The molecular weight excluding hydrogens is 482 g/mol. The first-order valence-electron chi connectivity index (χ1n) is 12.7. The number of ether oxygens (including phenoxy) is 1. The Kier molecular flexibility index (Phi) is 15.4. The summed E-state index contributed by atoms with van der Waals surface area (Å²) in [4.78, 5) is 15.8. The molecule has 1 N–H and O–H groups in total. The summed E-state index contributed by atoms with van der Waals surface area (Å²) in [5, 5.41) is 2.70. The van der Waals surface area contributed by atoms with Crippen molar-refractivity contribution in [1.82, 2.24) is 10.4 Å². The van der Waals surface area contributed by atoms with E-state index >= 15 is 0 Å². The molecule has 4 rings (SSSR count). The number of benzene rings is 2. The van der Waals surface area contributed by atoms with Gasteiger partial charge >= 0.3 is 0 Å². The molecule has 0 bridgehead atoms. The monoisotopic (exact) mass is 521 g/mol. The molecule has 0 spiro atoms. The number of aliphatic imine (C=N–C) groups is 1. The van der Waals surface area contributed by atoms with E-state index in [4.69, 9.17) is 21.3 Å². The van der Waals surface area contributed by atoms with Gasteiger partial charge in [-0.15, -0.1) is 18.9 Å². The molecule has 0 atom stereocenters. The summed E-state index contributed by atoms with van der Waals surface area (Å²) in [7, 11) is 0. The number of carbonyl (C=O) groups is 1. The Morgan fingerprint density at radius 2 is 1.81 bits per heavy atom. The Labute approximate surface area is 228 Å². The number of hydrogen-bond donors (Lipinski definition) is 1. The molecule has 198 valence electrons. The molecule has 2 aliphatic rings. The van der Waals surface area contributed by atoms with Gasteiger partial charge in [0.2, 0.25) is 5.91 Å². The molecule has 0 unspecified atom stereocenters. The molecule has 1 amide bonds. The van der Waals surface area contributed by atoms with Crippen LogP contribution >= 0.6 is 11.6 Å². The van der Waals surface area contributed by atoms with E-state index in [1.165, 1.54) is 19.3 Å². The topological polar surface area (TPSA) is 53.9 Å². The minimum atomic E-state index is 0.0481. The number of nitrogens with zero attached hydrogens (tertiary/aromatic N) is 2. The number of nitrogens with one attached hydrogen (secondary N) is 1. The summed E-state index contributed by atoms with van der Waals surface area (Å²) in [6.45, 7) is 15.0. The van der Waals surface area contributed by atoms with Crippen molar-refractivity contribution in [1.29, 1.82) is 0 Å². The smallest absolute Gasteiger partial charge is 0.238 e. The summed E-state index contributed by atoms with van der Waals surface area (Å²) < 4.78 is 5.88. The van der Waals surface area contributed by atoms with Gasteiger partial charge in [-0.2, -0.15) is 0 Å². The molecule has 0 radical (unpaired) electrons. The van der Waals surface area contributed by atoms with Crippen LogP contribution in [0.5, 0.6) is 5.75 Å². The number of piperidine rings is 1. The van der Waals surface area contributed by atoms with E-state index in [0.717, 1.165) is 47.1 Å². The van der Waals surface area contributed by atoms with E-state index in [-0.39, 0.29) is 5.91 Å². The van der Waals surface area contributed by atoms with Crippen LogP contribution in [0.3, 0.4) is 0 Å². The normalized spacial score (nSPS) is 14.1. The SMILES string of the molecule is C#CC.C=CCC(=O)NN1CCCCC1.CC.CC1=C(C)Oc2ccccc2C(c2cccc(Cl)c2)=N1. The standard InChI is InChI=1S/C17H14ClNO.C9H16N2O.C3H4.C2H6/c1-11-12(2)20-16-9-4-3-8-15(16)17(19-11)13-6-5-7-14(18)10-13;1-2-6-9(12)10-11-7-4-3-5-8-11;1-3-2;1-2/h3-10H,1-2H3;2H,1,3-8H2,(H,10,12);1H,2H3;1-2H3. The van der Waals surface area contributed by atoms with Crippen molar-refractivity contribution in [2.75, 3.05) is 13.1 Å². The van der Waals surface area contributed by atoms with Gasteiger partial charge in [0.15, 0.2) is 0 Å². The third-order valence-corrected chi connectivity index (χ3v) is 5.50. The van der Waals surface area contributed by atoms with E-state index in [2.05, 4.69) is 24.3 Å². The molecule has 1 fully saturated rings. The van der Waals surface area contributed by atoms with Crippen LogP contribution in [0, 0.1) is 12.3 Å². The van der Waals surface area contributed by atoms with Crippen molar-refractivity contribution in [3.8, 4) is 18.1 Å². The number of rotatable bonds is 4. The zero-order chi connectivity index (χ0) is 27.6. The van der Waals surface area contributed by atoms with E-state index in [1.807, 2.05) is 81.2 Å². The summed E-state index contributed by atoms with van der Waals surface area (Å²) in [5.41, 5.74) is 6.57. The van der Waals surface area contributed by atoms with Gasteiger partial charge in [-0.05, 0) is 57.9 Å². The molecule has 0 aliphatic carbocycles. The van der Waals surface area contributed by atoms with E-state index < -0.39 is 0 Å². The lowest BCUT2D eigenvalue weighted by molar-refractivity contribution is -0.125. The highest BCUT2D eigenvalue weighted by atomic mass is 35.5. The second kappa shape index (κ2) is 18.0. The molecule has 2 aliphatic heterocycles. The number of terminal acetylenes is 1. The van der Waals surface area contributed by atoms with Crippen molar-refractivity contribution in [3.05, 3.63) is 88.8 Å². The zero-order valence-electron chi connectivity index (χ0n) is 22.8. The predicted molar refractivity (Wildman–Crippen MR) is 157 cm³/mol. The molecule has 2 heterocycles. The van der Waals surface area contributed by atoms with Crippen LogP contribution in [-0.2, 0) is 4.79 Å². The minimum absolute atomic E-state index is 0.0481. The summed E-state index contributed by atoms with van der Waals surface area (Å²) >= 11 is 6.10. The Morgan fingerprint density at radius 1 is 1.16 bits per heavy atom. The lowest BCUT2D eigenvalue weighted by Gasteiger charge is -2.26. The molecule has 6 heteroatoms. The number of halogens is 1. The maximum Gasteiger partial charge on any atom is 0.238 e. The van der Waals surface area contributed by atoms with Crippen LogP contribution in [-0.4, -0.2) is 29.7 Å². The largest absolute Gasteiger partial charge is 0.459 e. The Bertz CT molecular complexity index is 1110. The molecular formula is C31H40ClN3O2. The van der Waals surface area contributed by atoms with Gasteiger partial charge in [-0.3, -0.25) is 10.2 Å². The second-order valence-electron chi connectivity index (χ2n) is 8.07. The third-order valence-electron chi connectivity index (χ3n) is 5.26. The van der Waals surface area contributed by atoms with Crippen molar-refractivity contribution in [2.45, 2.75) is 60.3 Å². The first-order chi connectivity index (χ1) is 17.9. The third kappa shape index (κ3) is 11.1. The summed E-state index contributed by atoms with van der Waals surface area (Å²) in [6.07, 6.45) is 10.3. The van der Waals surface area contributed by atoms with E-state index in [1.54, 1.807) is 13.0 Å². The first kappa shape index (κ1) is 31.7. The maximum absolute atomic E-state index is 11.1. The summed E-state index contributed by atoms with van der Waals surface area (Å²) in [5.74, 6) is 3.93. The van der Waals surface area contributed by atoms with Gasteiger partial charge in [0.1, 0.15) is 11.5 Å². The number of hydrogen-bond acceptors (Lipinski definition) is 4. The van der Waals surface area contributed by atoms with Gasteiger partial charge in [-0.1, -0.05) is 62.2 Å². The first-order valence-corrected chi connectivity index (χ1v) is 13.1. The average molecular weight is 522 g/mol. The van der Waals surface area contributed by atoms with Crippen LogP contribution in [0.4, 0.5) is 0 Å². The second-order valence-corrected chi connectivity index (χ2v) is 8.51. The Balaban J connectivity index is 0.000000344. The fourth-order valence-corrected chi connectivity index (χ4v) is 3.70. The molecule has 37 heavy (non-hydrogen) atoms. The average Bonchev–Trinajstić information content (AvgIpc) is 3.03. The summed E-state index contributed by atoms with van der Waals surface area (Å²) in [6, 6.07) is 15.6. The van der Waals surface area contributed by atoms with Crippen LogP contribution in [0.25, 0.3) is 0 Å². The molecule has 0 saturated carbocycles. The van der Waals surface area contributed by atoms with Gasteiger partial charge in [0.25, 0.3) is 0 Å². The predicted octanol–water partition coefficient (Wildman–Crippen LogP) is 7.57. The minimum Gasteiger partial charge on any atom is -0.459 e. The Morgan fingerprint density at radius 3 is 2.43 bits per heavy atom. The van der Waals surface area contributed by atoms with Crippen molar-refractivity contribution >= 4 is 23.2 Å². The van der Waals surface area contributed by atoms with Crippen LogP contribution < -0.4 is 10.2 Å². The Hall–Kier alpha value is -3.33. The van der Waals surface area contributed by atoms with Gasteiger partial charge in [0, 0.05) is 35.7 Å². The molecule has 0 aromatic heterocycles. The highest BCUT2D eigenvalue weighted by molar-refractivity contribution is 6.31. The molecule has 2 aromatic carbocycles. The molecule has 5 nitrogen and oxygen atoms in total. The fraction of sp³-hybridized carbons (Fsp3) is 0.355. The molecule has 1 saturated heterocycles. The van der Waals surface area contributed by atoms with E-state index in [0.29, 0.717) is 11.4 Å². The lowest BCUT2D eigenvalue weighted by Crippen LogP contribution is -2.44. The fourth-order valence-electron chi connectivity index (χ4n) is 3.51.